The van der Waals surface area contributed by atoms with Crippen LogP contribution in [0.1, 0.15) is 65.2 Å². The molecular weight excluding hydrogens is 248 g/mol. The van der Waals surface area contributed by atoms with Crippen LogP contribution in [0.2, 0.25) is 0 Å². The average molecular weight is 280 g/mol. The van der Waals surface area contributed by atoms with Gasteiger partial charge >= 0.3 is 0 Å². The molecule has 0 bridgehead atoms. The molecule has 3 heteroatoms. The van der Waals surface area contributed by atoms with Gasteiger partial charge in [0.1, 0.15) is 0 Å². The summed E-state index contributed by atoms with van der Waals surface area (Å²) >= 11 is 0. The first-order chi connectivity index (χ1) is 9.64. The van der Waals surface area contributed by atoms with Gasteiger partial charge in [0.05, 0.1) is 12.2 Å². The Kier molecular flexibility index (Phi) is 4.40. The molecule has 3 aliphatic rings. The molecule has 116 valence electrons. The van der Waals surface area contributed by atoms with Gasteiger partial charge in [-0.25, -0.2) is 0 Å². The minimum Gasteiger partial charge on any atom is -0.375 e. The molecule has 0 spiro atoms. The van der Waals surface area contributed by atoms with Crippen molar-refractivity contribution in [2.45, 2.75) is 89.0 Å². The van der Waals surface area contributed by atoms with Gasteiger partial charge in [-0.05, 0) is 64.8 Å². The molecule has 2 heterocycles. The summed E-state index contributed by atoms with van der Waals surface area (Å²) < 4.78 is 5.99. The van der Waals surface area contributed by atoms with E-state index >= 15 is 0 Å². The Balaban J connectivity index is 1.83. The first-order valence-corrected chi connectivity index (χ1v) is 8.77. The smallest absolute Gasteiger partial charge is 0.0568 e. The zero-order chi connectivity index (χ0) is 14.2. The van der Waals surface area contributed by atoms with Crippen LogP contribution in [-0.2, 0) is 4.74 Å². The predicted octanol–water partition coefficient (Wildman–Crippen LogP) is 2.93. The summed E-state index contributed by atoms with van der Waals surface area (Å²) in [5.74, 6) is 0.939. The number of hydrogen-bond donors (Lipinski definition) is 1. The summed E-state index contributed by atoms with van der Waals surface area (Å²) in [5, 5.41) is 0. The number of nitrogens with zero attached hydrogens (tertiary/aromatic N) is 1. The maximum Gasteiger partial charge on any atom is 0.0568 e. The fourth-order valence-corrected chi connectivity index (χ4v) is 5.38. The third-order valence-corrected chi connectivity index (χ3v) is 6.03. The largest absolute Gasteiger partial charge is 0.375 e. The van der Waals surface area contributed by atoms with Crippen molar-refractivity contribution in [2.24, 2.45) is 11.7 Å². The number of rotatable bonds is 2. The second-order valence-electron chi connectivity index (χ2n) is 7.54. The highest BCUT2D eigenvalue weighted by atomic mass is 16.5. The lowest BCUT2D eigenvalue weighted by Gasteiger charge is -2.56. The maximum atomic E-state index is 6.32. The highest BCUT2D eigenvalue weighted by Crippen LogP contribution is 2.43. The van der Waals surface area contributed by atoms with Crippen LogP contribution in [0.15, 0.2) is 0 Å². The van der Waals surface area contributed by atoms with Gasteiger partial charge in [0.2, 0.25) is 0 Å². The fraction of sp³-hybridized carbons (Fsp3) is 1.00. The van der Waals surface area contributed by atoms with E-state index in [1.807, 2.05) is 0 Å². The molecule has 2 N–H and O–H groups in total. The van der Waals surface area contributed by atoms with E-state index < -0.39 is 0 Å². The third-order valence-electron chi connectivity index (χ3n) is 6.03. The van der Waals surface area contributed by atoms with Crippen LogP contribution in [0.25, 0.3) is 0 Å². The van der Waals surface area contributed by atoms with Crippen molar-refractivity contribution >= 4 is 0 Å². The fourth-order valence-electron chi connectivity index (χ4n) is 5.38. The summed E-state index contributed by atoms with van der Waals surface area (Å²) in [6, 6.07) is 0.804. The molecule has 0 amide bonds. The zero-order valence-corrected chi connectivity index (χ0v) is 13.3. The highest BCUT2D eigenvalue weighted by molar-refractivity contribution is 5.03. The number of piperidine rings is 1. The van der Waals surface area contributed by atoms with Gasteiger partial charge in [-0.2, -0.15) is 0 Å². The number of nitrogens with two attached hydrogens (primary N) is 1. The normalized spacial score (nSPS) is 47.0. The topological polar surface area (TPSA) is 38.5 Å². The Bertz CT molecular complexity index is 321. The minimum atomic E-state index is 0.206. The van der Waals surface area contributed by atoms with Crippen molar-refractivity contribution in [3.05, 3.63) is 0 Å². The molecule has 1 aliphatic carbocycles. The van der Waals surface area contributed by atoms with Crippen molar-refractivity contribution in [2.75, 3.05) is 13.1 Å². The van der Waals surface area contributed by atoms with Crippen LogP contribution in [0.3, 0.4) is 0 Å². The van der Waals surface area contributed by atoms with Crippen LogP contribution in [0.4, 0.5) is 0 Å². The van der Waals surface area contributed by atoms with Crippen LogP contribution in [0.5, 0.6) is 0 Å². The van der Waals surface area contributed by atoms with E-state index in [4.69, 9.17) is 10.5 Å². The molecule has 2 unspecified atom stereocenters. The highest BCUT2D eigenvalue weighted by Gasteiger charge is 2.47. The predicted molar refractivity (Wildman–Crippen MR) is 82.7 cm³/mol. The van der Waals surface area contributed by atoms with Crippen molar-refractivity contribution in [1.82, 2.24) is 4.90 Å². The van der Waals surface area contributed by atoms with Crippen molar-refractivity contribution in [1.29, 1.82) is 0 Å². The van der Waals surface area contributed by atoms with E-state index in [1.165, 1.54) is 45.1 Å². The molecule has 0 aromatic rings. The molecule has 2 saturated heterocycles. The Hall–Kier alpha value is -0.120. The molecule has 0 aromatic heterocycles. The van der Waals surface area contributed by atoms with Gasteiger partial charge in [-0.1, -0.05) is 12.8 Å². The van der Waals surface area contributed by atoms with E-state index in [0.29, 0.717) is 12.2 Å². The molecule has 20 heavy (non-hydrogen) atoms. The quantitative estimate of drug-likeness (QED) is 0.845. The van der Waals surface area contributed by atoms with Crippen molar-refractivity contribution < 1.29 is 4.74 Å². The number of ether oxygens (including phenoxy) is 1. The number of likely N-dealkylation sites (tertiary alicyclic amines) is 1. The van der Waals surface area contributed by atoms with Crippen LogP contribution >= 0.6 is 0 Å². The lowest BCUT2D eigenvalue weighted by Crippen LogP contribution is -2.65. The zero-order valence-electron chi connectivity index (χ0n) is 13.3. The van der Waals surface area contributed by atoms with Crippen molar-refractivity contribution in [3.63, 3.8) is 0 Å². The molecule has 3 fully saturated rings. The van der Waals surface area contributed by atoms with Crippen LogP contribution in [-0.4, -0.2) is 41.8 Å². The third kappa shape index (κ3) is 2.65. The van der Waals surface area contributed by atoms with Crippen LogP contribution < -0.4 is 5.73 Å². The lowest BCUT2D eigenvalue weighted by molar-refractivity contribution is -0.129. The monoisotopic (exact) mass is 280 g/mol. The maximum absolute atomic E-state index is 6.32. The molecule has 3 nitrogen and oxygen atoms in total. The molecule has 3 rings (SSSR count). The Morgan fingerprint density at radius 1 is 1.05 bits per heavy atom. The standard InChI is InChI=1S/C17H32N2O/c1-13-10-17(12-18,11-14(2)20-13)19-9-5-7-15-6-3-4-8-16(15)19/h13-16H,3-12,18H2,1-2H3/t13?,14?,15-,16-,17?/m1/s1. The van der Waals surface area contributed by atoms with Gasteiger partial charge in [-0.3, -0.25) is 4.90 Å². The van der Waals surface area contributed by atoms with E-state index in [0.717, 1.165) is 31.3 Å². The second-order valence-corrected chi connectivity index (χ2v) is 7.54. The van der Waals surface area contributed by atoms with E-state index in [-0.39, 0.29) is 5.54 Å². The lowest BCUT2D eigenvalue weighted by atomic mass is 9.73. The molecular formula is C17H32N2O. The number of hydrogen-bond acceptors (Lipinski definition) is 3. The summed E-state index contributed by atoms with van der Waals surface area (Å²) in [5.41, 5.74) is 6.52. The first kappa shape index (κ1) is 14.8. The van der Waals surface area contributed by atoms with Gasteiger partial charge in [0.25, 0.3) is 0 Å². The second kappa shape index (κ2) is 5.94. The minimum absolute atomic E-state index is 0.206. The Labute approximate surface area is 124 Å². The molecule has 0 radical (unpaired) electrons. The Morgan fingerprint density at radius 3 is 2.40 bits per heavy atom. The summed E-state index contributed by atoms with van der Waals surface area (Å²) in [4.78, 5) is 2.84. The number of fused-ring (bicyclic) bond motifs is 1. The van der Waals surface area contributed by atoms with E-state index in [1.54, 1.807) is 0 Å². The van der Waals surface area contributed by atoms with Gasteiger partial charge in [0, 0.05) is 18.1 Å². The molecule has 0 aromatic carbocycles. The molecule has 1 saturated carbocycles. The summed E-state index contributed by atoms with van der Waals surface area (Å²) in [6.07, 6.45) is 11.5. The van der Waals surface area contributed by atoms with Crippen molar-refractivity contribution in [3.8, 4) is 0 Å². The van der Waals surface area contributed by atoms with Gasteiger partial charge < -0.3 is 10.5 Å². The molecule has 2 aliphatic heterocycles. The van der Waals surface area contributed by atoms with E-state index in [2.05, 4.69) is 18.7 Å². The summed E-state index contributed by atoms with van der Waals surface area (Å²) in [7, 11) is 0. The SMILES string of the molecule is CC1CC(CN)(N2CCC[C@H]3CCCC[C@H]32)CC(C)O1. The van der Waals surface area contributed by atoms with Gasteiger partial charge in [-0.15, -0.1) is 0 Å². The molecule has 4 atom stereocenters. The van der Waals surface area contributed by atoms with Gasteiger partial charge in [0.15, 0.2) is 0 Å². The summed E-state index contributed by atoms with van der Waals surface area (Å²) in [6.45, 7) is 6.51. The van der Waals surface area contributed by atoms with E-state index in [9.17, 15) is 0 Å². The first-order valence-electron chi connectivity index (χ1n) is 8.77. The average Bonchev–Trinajstić information content (AvgIpc) is 2.45. The Morgan fingerprint density at radius 2 is 1.70 bits per heavy atom. The van der Waals surface area contributed by atoms with Crippen LogP contribution in [0, 0.1) is 5.92 Å².